The largest absolute Gasteiger partial charge is 0.352 e. The number of hydrogen-bond donors (Lipinski definition) is 0. The summed E-state index contributed by atoms with van der Waals surface area (Å²) in [6.07, 6.45) is 5.38. The molecular weight excluding hydrogens is 298 g/mol. The Balaban J connectivity index is 1.52. The lowest BCUT2D eigenvalue weighted by atomic mass is 10.0. The Morgan fingerprint density at radius 3 is 2.50 bits per heavy atom. The minimum atomic E-state index is 0.500. The van der Waals surface area contributed by atoms with Gasteiger partial charge in [0.25, 0.3) is 0 Å². The van der Waals surface area contributed by atoms with Gasteiger partial charge in [0, 0.05) is 18.8 Å². The molecule has 122 valence electrons. The third-order valence-electron chi connectivity index (χ3n) is 4.58. The molecule has 1 saturated heterocycles. The van der Waals surface area contributed by atoms with Crippen LogP contribution in [0, 0.1) is 6.92 Å². The summed E-state index contributed by atoms with van der Waals surface area (Å²) in [6.45, 7) is 3.02. The van der Waals surface area contributed by atoms with Gasteiger partial charge in [0.15, 0.2) is 11.6 Å². The van der Waals surface area contributed by atoms with Crippen LogP contribution in [0.3, 0.4) is 0 Å². The van der Waals surface area contributed by atoms with E-state index in [1.54, 1.807) is 4.68 Å². The maximum absolute atomic E-state index is 4.45. The molecule has 1 atom stereocenters. The van der Waals surface area contributed by atoms with Crippen molar-refractivity contribution in [2.75, 3.05) is 11.4 Å². The molecule has 0 saturated carbocycles. The zero-order chi connectivity index (χ0) is 16.4. The van der Waals surface area contributed by atoms with Crippen LogP contribution in [0.25, 0.3) is 5.82 Å². The lowest BCUT2D eigenvalue weighted by Crippen LogP contribution is -2.31. The van der Waals surface area contributed by atoms with E-state index in [4.69, 9.17) is 0 Å². The van der Waals surface area contributed by atoms with Crippen molar-refractivity contribution in [3.8, 4) is 5.82 Å². The van der Waals surface area contributed by atoms with Gasteiger partial charge in [0.1, 0.15) is 0 Å². The second-order valence-electron chi connectivity index (χ2n) is 6.33. The Morgan fingerprint density at radius 2 is 1.79 bits per heavy atom. The van der Waals surface area contributed by atoms with Gasteiger partial charge in [-0.3, -0.25) is 0 Å². The number of hydrogen-bond acceptors (Lipinski definition) is 4. The van der Waals surface area contributed by atoms with E-state index in [0.29, 0.717) is 6.04 Å². The van der Waals surface area contributed by atoms with Crippen molar-refractivity contribution in [1.82, 2.24) is 20.0 Å². The summed E-state index contributed by atoms with van der Waals surface area (Å²) >= 11 is 0. The number of anilines is 1. The quantitative estimate of drug-likeness (QED) is 0.741. The Hall–Kier alpha value is -2.69. The van der Waals surface area contributed by atoms with Gasteiger partial charge in [-0.05, 0) is 49.9 Å². The Morgan fingerprint density at radius 1 is 1.00 bits per heavy atom. The summed E-state index contributed by atoms with van der Waals surface area (Å²) in [5.41, 5.74) is 2.36. The van der Waals surface area contributed by atoms with Crippen molar-refractivity contribution in [3.63, 3.8) is 0 Å². The molecule has 1 aromatic carbocycles. The molecule has 0 spiro atoms. The van der Waals surface area contributed by atoms with Crippen LogP contribution >= 0.6 is 0 Å². The van der Waals surface area contributed by atoms with Gasteiger partial charge in [-0.1, -0.05) is 30.3 Å². The first-order valence-corrected chi connectivity index (χ1v) is 8.46. The molecule has 3 aromatic rings. The van der Waals surface area contributed by atoms with Gasteiger partial charge in [0.2, 0.25) is 0 Å². The summed E-state index contributed by atoms with van der Waals surface area (Å²) in [5.74, 6) is 1.71. The summed E-state index contributed by atoms with van der Waals surface area (Å²) in [7, 11) is 0. The molecule has 0 bridgehead atoms. The molecule has 0 amide bonds. The average Bonchev–Trinajstić information content (AvgIpc) is 3.25. The van der Waals surface area contributed by atoms with E-state index in [0.717, 1.165) is 30.3 Å². The number of aryl methyl sites for hydroxylation is 1. The third-order valence-corrected chi connectivity index (χ3v) is 4.58. The van der Waals surface area contributed by atoms with E-state index in [1.165, 1.54) is 18.4 Å². The van der Waals surface area contributed by atoms with Crippen LogP contribution in [0.4, 0.5) is 5.82 Å². The first kappa shape index (κ1) is 14.9. The summed E-state index contributed by atoms with van der Waals surface area (Å²) < 4.78 is 1.76. The predicted molar refractivity (Wildman–Crippen MR) is 94.4 cm³/mol. The Kier molecular flexibility index (Phi) is 3.99. The van der Waals surface area contributed by atoms with Gasteiger partial charge in [-0.15, -0.1) is 10.2 Å². The van der Waals surface area contributed by atoms with Gasteiger partial charge in [-0.25, -0.2) is 4.68 Å². The summed E-state index contributed by atoms with van der Waals surface area (Å²) in [5, 5.41) is 13.2. The smallest absolute Gasteiger partial charge is 0.175 e. The fraction of sp³-hybridized carbons (Fsp3) is 0.316. The predicted octanol–water partition coefficient (Wildman–Crippen LogP) is 3.18. The summed E-state index contributed by atoms with van der Waals surface area (Å²) in [6, 6.07) is 17.2. The van der Waals surface area contributed by atoms with Gasteiger partial charge < -0.3 is 4.90 Å². The molecule has 24 heavy (non-hydrogen) atoms. The zero-order valence-corrected chi connectivity index (χ0v) is 13.8. The minimum Gasteiger partial charge on any atom is -0.352 e. The van der Waals surface area contributed by atoms with E-state index >= 15 is 0 Å². The highest BCUT2D eigenvalue weighted by Crippen LogP contribution is 2.26. The van der Waals surface area contributed by atoms with E-state index in [1.807, 2.05) is 25.3 Å². The highest BCUT2D eigenvalue weighted by Gasteiger charge is 2.26. The van der Waals surface area contributed by atoms with E-state index in [9.17, 15) is 0 Å². The highest BCUT2D eigenvalue weighted by molar-refractivity contribution is 5.42. The van der Waals surface area contributed by atoms with Crippen LogP contribution in [0.5, 0.6) is 0 Å². The van der Waals surface area contributed by atoms with E-state index < -0.39 is 0 Å². The number of benzene rings is 1. The first-order valence-electron chi connectivity index (χ1n) is 8.46. The molecule has 4 rings (SSSR count). The standard InChI is InChI=1S/C19H21N5/c1-15-11-13-24(22-15)19-10-9-18(20-21-19)23-12-5-8-17(23)14-16-6-3-2-4-7-16/h2-4,6-7,9-11,13,17H,5,8,12,14H2,1H3. The molecular formula is C19H21N5. The van der Waals surface area contributed by atoms with Crippen LogP contribution in [0.2, 0.25) is 0 Å². The molecule has 0 aliphatic carbocycles. The monoisotopic (exact) mass is 319 g/mol. The topological polar surface area (TPSA) is 46.8 Å². The lowest BCUT2D eigenvalue weighted by Gasteiger charge is -2.25. The van der Waals surface area contributed by atoms with Crippen LogP contribution in [0.15, 0.2) is 54.7 Å². The van der Waals surface area contributed by atoms with Crippen LogP contribution < -0.4 is 4.90 Å². The van der Waals surface area contributed by atoms with Gasteiger partial charge in [0.05, 0.1) is 5.69 Å². The Labute approximate surface area is 142 Å². The SMILES string of the molecule is Cc1ccn(-c2ccc(N3CCCC3Cc3ccccc3)nn2)n1. The second-order valence-corrected chi connectivity index (χ2v) is 6.33. The fourth-order valence-electron chi connectivity index (χ4n) is 3.37. The van der Waals surface area contributed by atoms with Gasteiger partial charge >= 0.3 is 0 Å². The normalized spacial score (nSPS) is 17.4. The molecule has 1 fully saturated rings. The van der Waals surface area contributed by atoms with Gasteiger partial charge in [-0.2, -0.15) is 5.10 Å². The van der Waals surface area contributed by atoms with Crippen molar-refractivity contribution >= 4 is 5.82 Å². The summed E-state index contributed by atoms with van der Waals surface area (Å²) in [4.78, 5) is 2.39. The molecule has 5 heteroatoms. The van der Waals surface area contributed by atoms with Crippen molar-refractivity contribution in [1.29, 1.82) is 0 Å². The third kappa shape index (κ3) is 3.02. The number of aromatic nitrogens is 4. The maximum atomic E-state index is 4.45. The molecule has 5 nitrogen and oxygen atoms in total. The minimum absolute atomic E-state index is 0.500. The van der Waals surface area contributed by atoms with E-state index in [-0.39, 0.29) is 0 Å². The second kappa shape index (κ2) is 6.43. The van der Waals surface area contributed by atoms with Crippen LogP contribution in [0.1, 0.15) is 24.1 Å². The van der Waals surface area contributed by atoms with Crippen molar-refractivity contribution in [2.45, 2.75) is 32.2 Å². The molecule has 0 N–H and O–H groups in total. The van der Waals surface area contributed by atoms with Crippen LogP contribution in [-0.2, 0) is 6.42 Å². The molecule has 2 aromatic heterocycles. The van der Waals surface area contributed by atoms with Crippen molar-refractivity contribution in [3.05, 3.63) is 66.0 Å². The van der Waals surface area contributed by atoms with Crippen molar-refractivity contribution < 1.29 is 0 Å². The molecule has 1 unspecified atom stereocenters. The zero-order valence-electron chi connectivity index (χ0n) is 13.8. The van der Waals surface area contributed by atoms with E-state index in [2.05, 4.69) is 56.6 Å². The van der Waals surface area contributed by atoms with Crippen molar-refractivity contribution in [2.24, 2.45) is 0 Å². The first-order chi connectivity index (χ1) is 11.8. The number of rotatable bonds is 4. The maximum Gasteiger partial charge on any atom is 0.175 e. The Bertz CT molecular complexity index is 794. The molecule has 1 aliphatic heterocycles. The lowest BCUT2D eigenvalue weighted by molar-refractivity contribution is 0.653. The molecule has 1 aliphatic rings. The molecule has 0 radical (unpaired) electrons. The number of nitrogens with zero attached hydrogens (tertiary/aromatic N) is 5. The highest BCUT2D eigenvalue weighted by atomic mass is 15.4. The van der Waals surface area contributed by atoms with Crippen LogP contribution in [-0.4, -0.2) is 32.6 Å². The molecule has 3 heterocycles. The average molecular weight is 319 g/mol. The fourth-order valence-corrected chi connectivity index (χ4v) is 3.37.